The number of hydrogen-bond acceptors (Lipinski definition) is 2. The summed E-state index contributed by atoms with van der Waals surface area (Å²) in [6.07, 6.45) is -8.39. The first kappa shape index (κ1) is 19.8. The van der Waals surface area contributed by atoms with Crippen molar-refractivity contribution in [2.45, 2.75) is 18.9 Å². The number of rotatable bonds is 3. The fourth-order valence-corrected chi connectivity index (χ4v) is 2.57. The number of nitrogens with one attached hydrogen (secondary N) is 2. The van der Waals surface area contributed by atoms with Crippen LogP contribution in [0.3, 0.4) is 0 Å². The van der Waals surface area contributed by atoms with Gasteiger partial charge in [-0.05, 0) is 35.2 Å². The monoisotopic (exact) mass is 397 g/mol. The zero-order valence-corrected chi connectivity index (χ0v) is 13.9. The first-order valence-corrected chi connectivity index (χ1v) is 7.75. The largest absolute Gasteiger partial charge is 0.433 e. The van der Waals surface area contributed by atoms with E-state index in [0.29, 0.717) is 11.6 Å². The van der Waals surface area contributed by atoms with Crippen LogP contribution in [-0.4, -0.2) is 23.7 Å². The Morgan fingerprint density at radius 1 is 1.07 bits per heavy atom. The zero-order chi connectivity index (χ0) is 20.7. The molecule has 2 heterocycles. The fourth-order valence-electron chi connectivity index (χ4n) is 2.57. The summed E-state index contributed by atoms with van der Waals surface area (Å²) in [7, 11) is 5.76. The van der Waals surface area contributed by atoms with Crippen LogP contribution < -0.4 is 10.8 Å². The van der Waals surface area contributed by atoms with Crippen molar-refractivity contribution >= 4 is 30.1 Å². The van der Waals surface area contributed by atoms with Crippen LogP contribution in [0.15, 0.2) is 36.5 Å². The Bertz CT molecular complexity index is 1020. The second-order valence-corrected chi connectivity index (χ2v) is 5.94. The highest BCUT2D eigenvalue weighted by atomic mass is 19.4. The summed E-state index contributed by atoms with van der Waals surface area (Å²) >= 11 is 0. The number of halogens is 6. The molecule has 4 nitrogen and oxygen atoms in total. The maximum absolute atomic E-state index is 12.8. The molecule has 3 rings (SSSR count). The lowest BCUT2D eigenvalue weighted by molar-refractivity contribution is -0.141. The summed E-state index contributed by atoms with van der Waals surface area (Å²) in [5.41, 5.74) is -1.57. The maximum atomic E-state index is 12.8. The Morgan fingerprint density at radius 3 is 2.36 bits per heavy atom. The summed E-state index contributed by atoms with van der Waals surface area (Å²) in [6.45, 7) is -0.0907. The summed E-state index contributed by atoms with van der Waals surface area (Å²) in [5.74, 6) is -0.690. The van der Waals surface area contributed by atoms with Crippen molar-refractivity contribution in [1.29, 1.82) is 0 Å². The lowest BCUT2D eigenvalue weighted by Crippen LogP contribution is -2.24. The van der Waals surface area contributed by atoms with Gasteiger partial charge in [-0.1, -0.05) is 11.5 Å². The van der Waals surface area contributed by atoms with E-state index in [4.69, 9.17) is 7.85 Å². The predicted molar refractivity (Wildman–Crippen MR) is 89.1 cm³/mol. The highest BCUT2D eigenvalue weighted by Gasteiger charge is 2.33. The van der Waals surface area contributed by atoms with Crippen molar-refractivity contribution in [3.63, 3.8) is 0 Å². The van der Waals surface area contributed by atoms with Crippen molar-refractivity contribution in [3.05, 3.63) is 59.0 Å². The lowest BCUT2D eigenvalue weighted by Gasteiger charge is -2.09. The van der Waals surface area contributed by atoms with E-state index in [1.807, 2.05) is 0 Å². The maximum Gasteiger partial charge on any atom is 0.433 e. The van der Waals surface area contributed by atoms with Crippen molar-refractivity contribution in [3.8, 4) is 0 Å². The minimum atomic E-state index is -4.62. The summed E-state index contributed by atoms with van der Waals surface area (Å²) < 4.78 is 75.8. The highest BCUT2D eigenvalue weighted by Crippen LogP contribution is 2.31. The Labute approximate surface area is 155 Å². The second-order valence-electron chi connectivity index (χ2n) is 5.94. The predicted octanol–water partition coefficient (Wildman–Crippen LogP) is 3.32. The smallest absolute Gasteiger partial charge is 0.351 e. The van der Waals surface area contributed by atoms with E-state index in [-0.39, 0.29) is 28.5 Å². The number of carbonyl (C=O) groups is 1. The van der Waals surface area contributed by atoms with Gasteiger partial charge in [0.1, 0.15) is 19.2 Å². The van der Waals surface area contributed by atoms with Gasteiger partial charge in [0.15, 0.2) is 0 Å². The van der Waals surface area contributed by atoms with Crippen LogP contribution in [0.5, 0.6) is 0 Å². The van der Waals surface area contributed by atoms with E-state index < -0.39 is 29.6 Å². The van der Waals surface area contributed by atoms with Gasteiger partial charge in [-0.25, -0.2) is 0 Å². The molecule has 2 N–H and O–H groups in total. The number of pyridine rings is 1. The molecule has 28 heavy (non-hydrogen) atoms. The number of hydrogen-bond donors (Lipinski definition) is 2. The molecule has 0 unspecified atom stereocenters. The SMILES string of the molecule is [B]c1cc(CNC(=O)c2ccc(C(F)(F)F)nc2)cc2cc(C(F)(F)F)[nH]c12. The number of carbonyl (C=O) groups excluding carboxylic acids is 1. The fraction of sp³-hybridized carbons (Fsp3) is 0.176. The molecular formula is C17H10BF6N3O. The number of aromatic amines is 1. The molecular weight excluding hydrogens is 387 g/mol. The number of fused-ring (bicyclic) bond motifs is 1. The van der Waals surface area contributed by atoms with Crippen LogP contribution in [0.2, 0.25) is 0 Å². The molecule has 0 aliphatic carbocycles. The lowest BCUT2D eigenvalue weighted by atomic mass is 9.92. The van der Waals surface area contributed by atoms with E-state index >= 15 is 0 Å². The first-order valence-electron chi connectivity index (χ1n) is 7.75. The van der Waals surface area contributed by atoms with Crippen LogP contribution in [0.4, 0.5) is 26.3 Å². The van der Waals surface area contributed by atoms with Crippen LogP contribution in [-0.2, 0) is 18.9 Å². The number of amides is 1. The Kier molecular flexibility index (Phi) is 4.86. The van der Waals surface area contributed by atoms with E-state index in [0.717, 1.165) is 18.3 Å². The number of aromatic nitrogens is 2. The Morgan fingerprint density at radius 2 is 1.79 bits per heavy atom. The third kappa shape index (κ3) is 4.13. The van der Waals surface area contributed by atoms with E-state index in [2.05, 4.69) is 15.3 Å². The summed E-state index contributed by atoms with van der Waals surface area (Å²) in [4.78, 5) is 17.4. The van der Waals surface area contributed by atoms with Crippen molar-refractivity contribution in [2.75, 3.05) is 0 Å². The Hall–Kier alpha value is -2.98. The molecule has 0 aliphatic heterocycles. The number of benzene rings is 1. The second kappa shape index (κ2) is 6.88. The molecule has 0 fully saturated rings. The third-order valence-electron chi connectivity index (χ3n) is 3.89. The van der Waals surface area contributed by atoms with Gasteiger partial charge >= 0.3 is 12.4 Å². The van der Waals surface area contributed by atoms with Gasteiger partial charge in [0.25, 0.3) is 5.91 Å². The quantitative estimate of drug-likeness (QED) is 0.527. The average molecular weight is 397 g/mol. The molecule has 0 atom stereocenters. The van der Waals surface area contributed by atoms with Crippen LogP contribution in [0.1, 0.15) is 27.3 Å². The molecule has 0 spiro atoms. The topological polar surface area (TPSA) is 57.8 Å². The van der Waals surface area contributed by atoms with E-state index in [1.54, 1.807) is 0 Å². The molecule has 2 aromatic heterocycles. The van der Waals surface area contributed by atoms with Gasteiger partial charge in [-0.2, -0.15) is 26.3 Å². The minimum absolute atomic E-state index is 0.0634. The van der Waals surface area contributed by atoms with Gasteiger partial charge in [0.05, 0.1) is 5.56 Å². The third-order valence-corrected chi connectivity index (χ3v) is 3.89. The van der Waals surface area contributed by atoms with Gasteiger partial charge in [-0.15, -0.1) is 0 Å². The molecule has 0 bridgehead atoms. The number of H-pyrrole nitrogens is 1. The number of alkyl halides is 6. The van der Waals surface area contributed by atoms with Gasteiger partial charge in [-0.3, -0.25) is 9.78 Å². The molecule has 0 saturated carbocycles. The van der Waals surface area contributed by atoms with Crippen LogP contribution >= 0.6 is 0 Å². The average Bonchev–Trinajstić information content (AvgIpc) is 3.04. The number of nitrogens with zero attached hydrogens (tertiary/aromatic N) is 1. The van der Waals surface area contributed by atoms with Crippen molar-refractivity contribution in [1.82, 2.24) is 15.3 Å². The van der Waals surface area contributed by atoms with Crippen LogP contribution in [0, 0.1) is 0 Å². The minimum Gasteiger partial charge on any atom is -0.351 e. The first-order chi connectivity index (χ1) is 12.9. The van der Waals surface area contributed by atoms with E-state index in [9.17, 15) is 31.1 Å². The zero-order valence-electron chi connectivity index (χ0n) is 13.9. The summed E-state index contributed by atoms with van der Waals surface area (Å²) in [5, 5.41) is 2.67. The molecule has 0 saturated heterocycles. The molecule has 2 radical (unpaired) electrons. The van der Waals surface area contributed by atoms with Crippen LogP contribution in [0.25, 0.3) is 10.9 Å². The molecule has 1 aromatic carbocycles. The normalized spacial score (nSPS) is 12.4. The van der Waals surface area contributed by atoms with E-state index in [1.165, 1.54) is 12.1 Å². The Balaban J connectivity index is 1.75. The highest BCUT2D eigenvalue weighted by molar-refractivity contribution is 6.38. The molecule has 144 valence electrons. The van der Waals surface area contributed by atoms with Gasteiger partial charge in [0, 0.05) is 18.3 Å². The molecule has 1 amide bonds. The molecule has 0 aliphatic rings. The van der Waals surface area contributed by atoms with Gasteiger partial charge < -0.3 is 10.3 Å². The van der Waals surface area contributed by atoms with Crippen molar-refractivity contribution in [2.24, 2.45) is 0 Å². The standard InChI is InChI=1S/C17H10BF6N3O/c18-11-4-8(3-10-5-13(17(22,23)24)27-14(10)11)6-26-15(28)9-1-2-12(25-7-9)16(19,20)21/h1-5,7,27H,6H2,(H,26,28). The van der Waals surface area contributed by atoms with Gasteiger partial charge in [0.2, 0.25) is 0 Å². The molecule has 3 aromatic rings. The summed E-state index contributed by atoms with van der Waals surface area (Å²) in [6, 6.07) is 5.37. The molecule has 11 heteroatoms. The van der Waals surface area contributed by atoms with Crippen molar-refractivity contribution < 1.29 is 31.1 Å².